The predicted molar refractivity (Wildman–Crippen MR) is 154 cm³/mol. The number of hydrogen-bond acceptors (Lipinski definition) is 3. The van der Waals surface area contributed by atoms with Crippen LogP contribution in [-0.4, -0.2) is 0 Å². The van der Waals surface area contributed by atoms with Crippen molar-refractivity contribution in [3.8, 4) is 22.5 Å². The minimum absolute atomic E-state index is 0.814. The Morgan fingerprint density at radius 2 is 1.46 bits per heavy atom. The third-order valence-electron chi connectivity index (χ3n) is 6.56. The Morgan fingerprint density at radius 1 is 0.703 bits per heavy atom. The molecular weight excluding hydrogens is 452 g/mol. The van der Waals surface area contributed by atoms with Gasteiger partial charge >= 0.3 is 0 Å². The molecule has 1 heterocycles. The number of aryl methyl sites for hydroxylation is 1. The molecule has 180 valence electrons. The van der Waals surface area contributed by atoms with Gasteiger partial charge in [0.15, 0.2) is 0 Å². The van der Waals surface area contributed by atoms with E-state index in [1.807, 2.05) is 54.6 Å². The largest absolute Gasteiger partial charge is 0.456 e. The van der Waals surface area contributed by atoms with Gasteiger partial charge in [0, 0.05) is 40.0 Å². The van der Waals surface area contributed by atoms with Crippen LogP contribution >= 0.6 is 0 Å². The lowest BCUT2D eigenvalue weighted by Gasteiger charge is -2.17. The normalized spacial score (nSPS) is 11.8. The first-order valence-electron chi connectivity index (χ1n) is 12.8. The van der Waals surface area contributed by atoms with E-state index in [-0.39, 0.29) is 0 Å². The number of anilines is 2. The van der Waals surface area contributed by atoms with Crippen LogP contribution in [0.15, 0.2) is 131 Å². The first kappa shape index (κ1) is 22.8. The molecule has 0 bridgehead atoms. The number of para-hydroxylation sites is 2. The molecule has 0 aromatic heterocycles. The van der Waals surface area contributed by atoms with Crippen LogP contribution in [0.2, 0.25) is 0 Å². The van der Waals surface area contributed by atoms with Crippen molar-refractivity contribution in [2.45, 2.75) is 19.8 Å². The standard InChI is InChI=1S/C34H28N2O/c1-2-9-24-14-16-25(17-15-24)34-30-20-18-28(35-26-10-5-3-6-11-26)22-32(30)37-33-23-29(19-21-31(33)34)36-27-12-7-4-8-13-27/h3-8,10-23,35H,2,9H2,1H3/b36-29+. The maximum absolute atomic E-state index is 6.53. The van der Waals surface area contributed by atoms with Crippen LogP contribution in [0.3, 0.4) is 0 Å². The molecule has 6 rings (SSSR count). The summed E-state index contributed by atoms with van der Waals surface area (Å²) in [6.45, 7) is 2.22. The quantitative estimate of drug-likeness (QED) is 0.241. The Kier molecular flexibility index (Phi) is 6.26. The van der Waals surface area contributed by atoms with Gasteiger partial charge in [0.2, 0.25) is 0 Å². The van der Waals surface area contributed by atoms with E-state index in [9.17, 15) is 0 Å². The number of rotatable bonds is 6. The second-order valence-electron chi connectivity index (χ2n) is 9.25. The average molecular weight is 481 g/mol. The van der Waals surface area contributed by atoms with Crippen LogP contribution in [0, 0.1) is 0 Å². The molecule has 1 N–H and O–H groups in total. The SMILES string of the molecule is CCCc1ccc(-c2c3cc/c(=N\c4ccccc4)cc-3oc3cc(Nc4ccccc4)ccc23)cc1. The lowest BCUT2D eigenvalue weighted by atomic mass is 9.92. The van der Waals surface area contributed by atoms with Gasteiger partial charge in [-0.2, -0.15) is 0 Å². The molecule has 37 heavy (non-hydrogen) atoms. The summed E-state index contributed by atoms with van der Waals surface area (Å²) < 4.78 is 6.53. The van der Waals surface area contributed by atoms with E-state index in [0.29, 0.717) is 0 Å². The Hall–Kier alpha value is -4.63. The van der Waals surface area contributed by atoms with Gasteiger partial charge in [-0.05, 0) is 66.1 Å². The van der Waals surface area contributed by atoms with Crippen molar-refractivity contribution in [3.63, 3.8) is 0 Å². The molecule has 1 aliphatic heterocycles. The smallest absolute Gasteiger partial charge is 0.137 e. The van der Waals surface area contributed by atoms with Gasteiger partial charge in [-0.15, -0.1) is 0 Å². The van der Waals surface area contributed by atoms with Gasteiger partial charge in [-0.1, -0.05) is 74.0 Å². The topological polar surface area (TPSA) is 37.5 Å². The van der Waals surface area contributed by atoms with E-state index in [1.165, 1.54) is 16.7 Å². The van der Waals surface area contributed by atoms with Crippen molar-refractivity contribution < 1.29 is 4.42 Å². The molecule has 4 aromatic rings. The van der Waals surface area contributed by atoms with Crippen LogP contribution < -0.4 is 10.7 Å². The van der Waals surface area contributed by atoms with Gasteiger partial charge in [0.1, 0.15) is 11.3 Å². The van der Waals surface area contributed by atoms with Crippen molar-refractivity contribution in [2.75, 3.05) is 5.32 Å². The Labute approximate surface area is 217 Å². The molecule has 1 aliphatic carbocycles. The van der Waals surface area contributed by atoms with Crippen LogP contribution in [0.4, 0.5) is 17.1 Å². The Morgan fingerprint density at radius 3 is 2.22 bits per heavy atom. The monoisotopic (exact) mass is 480 g/mol. The van der Waals surface area contributed by atoms with Crippen LogP contribution in [0.5, 0.6) is 0 Å². The van der Waals surface area contributed by atoms with Gasteiger partial charge in [-0.3, -0.25) is 0 Å². The summed E-state index contributed by atoms with van der Waals surface area (Å²) in [5.41, 5.74) is 8.57. The number of hydrogen-bond donors (Lipinski definition) is 1. The van der Waals surface area contributed by atoms with E-state index in [1.54, 1.807) is 0 Å². The van der Waals surface area contributed by atoms with Crippen molar-refractivity contribution in [3.05, 3.63) is 132 Å². The first-order chi connectivity index (χ1) is 18.3. The fraction of sp³-hybridized carbons (Fsp3) is 0.0882. The van der Waals surface area contributed by atoms with E-state index in [2.05, 4.69) is 79.0 Å². The van der Waals surface area contributed by atoms with E-state index < -0.39 is 0 Å². The highest BCUT2D eigenvalue weighted by Gasteiger charge is 2.17. The molecule has 0 fully saturated rings. The lowest BCUT2D eigenvalue weighted by Crippen LogP contribution is -2.02. The zero-order valence-electron chi connectivity index (χ0n) is 20.8. The highest BCUT2D eigenvalue weighted by molar-refractivity contribution is 6.02. The van der Waals surface area contributed by atoms with Crippen molar-refractivity contribution in [1.82, 2.24) is 0 Å². The summed E-state index contributed by atoms with van der Waals surface area (Å²) in [5, 5.41) is 5.44. The highest BCUT2D eigenvalue weighted by atomic mass is 16.3. The minimum atomic E-state index is 0.814. The first-order valence-corrected chi connectivity index (χ1v) is 12.8. The summed E-state index contributed by atoms with van der Waals surface area (Å²) in [6.07, 6.45) is 2.23. The summed E-state index contributed by atoms with van der Waals surface area (Å²) in [4.78, 5) is 4.81. The number of nitrogens with one attached hydrogen (secondary N) is 1. The molecule has 2 aliphatic rings. The average Bonchev–Trinajstić information content (AvgIpc) is 2.93. The second-order valence-corrected chi connectivity index (χ2v) is 9.25. The van der Waals surface area contributed by atoms with Crippen LogP contribution in [0.1, 0.15) is 18.9 Å². The molecule has 0 saturated heterocycles. The Bertz CT molecular complexity index is 1680. The zero-order chi connectivity index (χ0) is 25.0. The maximum atomic E-state index is 6.53. The van der Waals surface area contributed by atoms with E-state index in [0.717, 1.165) is 57.6 Å². The molecule has 0 unspecified atom stereocenters. The van der Waals surface area contributed by atoms with Gasteiger partial charge in [0.25, 0.3) is 0 Å². The Balaban J connectivity index is 1.54. The molecule has 0 radical (unpaired) electrons. The molecule has 0 spiro atoms. The third-order valence-corrected chi connectivity index (χ3v) is 6.56. The predicted octanol–water partition coefficient (Wildman–Crippen LogP) is 9.13. The summed E-state index contributed by atoms with van der Waals surface area (Å²) in [5.74, 6) is 0.814. The van der Waals surface area contributed by atoms with Crippen molar-refractivity contribution in [1.29, 1.82) is 0 Å². The van der Waals surface area contributed by atoms with Crippen molar-refractivity contribution >= 4 is 28.0 Å². The fourth-order valence-electron chi connectivity index (χ4n) is 4.80. The van der Waals surface area contributed by atoms with Crippen molar-refractivity contribution in [2.24, 2.45) is 4.99 Å². The molecule has 0 atom stereocenters. The summed E-state index contributed by atoms with van der Waals surface area (Å²) >= 11 is 0. The molecule has 0 saturated carbocycles. The molecule has 3 heteroatoms. The van der Waals surface area contributed by atoms with Crippen LogP contribution in [-0.2, 0) is 6.42 Å². The van der Waals surface area contributed by atoms with Gasteiger partial charge < -0.3 is 9.73 Å². The fourth-order valence-corrected chi connectivity index (χ4v) is 4.80. The number of fused-ring (bicyclic) bond motifs is 2. The number of nitrogens with zero attached hydrogens (tertiary/aromatic N) is 1. The maximum Gasteiger partial charge on any atom is 0.137 e. The lowest BCUT2D eigenvalue weighted by molar-refractivity contribution is 0.619. The zero-order valence-corrected chi connectivity index (χ0v) is 20.8. The van der Waals surface area contributed by atoms with Crippen LogP contribution in [0.25, 0.3) is 33.4 Å². The molecular formula is C34H28N2O. The highest BCUT2D eigenvalue weighted by Crippen LogP contribution is 2.40. The summed E-state index contributed by atoms with van der Waals surface area (Å²) in [6, 6.07) is 41.7. The molecule has 0 amide bonds. The number of benzene rings is 5. The third kappa shape index (κ3) is 4.89. The second kappa shape index (κ2) is 10.2. The summed E-state index contributed by atoms with van der Waals surface area (Å²) in [7, 11) is 0. The molecule has 3 nitrogen and oxygen atoms in total. The minimum Gasteiger partial charge on any atom is -0.456 e. The van der Waals surface area contributed by atoms with Gasteiger partial charge in [-0.25, -0.2) is 4.99 Å². The molecule has 4 aromatic carbocycles. The van der Waals surface area contributed by atoms with E-state index in [4.69, 9.17) is 9.41 Å². The van der Waals surface area contributed by atoms with Gasteiger partial charge in [0.05, 0.1) is 11.0 Å². The van der Waals surface area contributed by atoms with E-state index >= 15 is 0 Å².